The van der Waals surface area contributed by atoms with E-state index in [4.69, 9.17) is 9.47 Å². The number of benzene rings is 1. The number of nitrogens with zero attached hydrogens (tertiary/aromatic N) is 1. The zero-order valence-corrected chi connectivity index (χ0v) is 20.8. The maximum absolute atomic E-state index is 12.7. The summed E-state index contributed by atoms with van der Waals surface area (Å²) in [5.74, 6) is -0.363. The largest absolute Gasteiger partial charge is 0.467 e. The first-order chi connectivity index (χ1) is 15.3. The molecular formula is C24H39N3O6. The van der Waals surface area contributed by atoms with Crippen LogP contribution in [0.4, 0.5) is 9.59 Å². The zero-order chi connectivity index (χ0) is 25.2. The second-order valence-electron chi connectivity index (χ2n) is 9.55. The lowest BCUT2D eigenvalue weighted by Crippen LogP contribution is -2.53. The summed E-state index contributed by atoms with van der Waals surface area (Å²) in [7, 11) is 2.78. The average Bonchev–Trinajstić information content (AvgIpc) is 2.71. The van der Waals surface area contributed by atoms with Crippen LogP contribution < -0.4 is 10.6 Å². The third kappa shape index (κ3) is 11.1. The molecule has 0 saturated carbocycles. The van der Waals surface area contributed by atoms with Crippen LogP contribution in [-0.2, 0) is 20.7 Å². The van der Waals surface area contributed by atoms with Gasteiger partial charge in [0.05, 0.1) is 25.8 Å². The zero-order valence-electron chi connectivity index (χ0n) is 20.8. The number of hydrogen-bond donors (Lipinski definition) is 3. The van der Waals surface area contributed by atoms with Crippen LogP contribution in [0.2, 0.25) is 0 Å². The molecule has 9 heteroatoms. The van der Waals surface area contributed by atoms with Crippen LogP contribution in [0.25, 0.3) is 0 Å². The van der Waals surface area contributed by atoms with Crippen LogP contribution in [0.3, 0.4) is 0 Å². The number of aliphatic hydroxyl groups excluding tert-OH is 1. The second-order valence-corrected chi connectivity index (χ2v) is 9.55. The van der Waals surface area contributed by atoms with E-state index in [1.165, 1.54) is 19.1 Å². The fraction of sp³-hybridized carbons (Fsp3) is 0.625. The number of carbonyl (C=O) groups excluding carboxylic acids is 3. The molecule has 1 rings (SSSR count). The van der Waals surface area contributed by atoms with Gasteiger partial charge >= 0.3 is 18.1 Å². The lowest BCUT2D eigenvalue weighted by atomic mass is 10.0. The number of hydrogen-bond acceptors (Lipinski definition) is 6. The third-order valence-corrected chi connectivity index (χ3v) is 4.76. The molecule has 33 heavy (non-hydrogen) atoms. The maximum atomic E-state index is 12.7. The highest BCUT2D eigenvalue weighted by Gasteiger charge is 2.29. The number of methoxy groups -OCH3 is 1. The second kappa shape index (κ2) is 13.0. The minimum Gasteiger partial charge on any atom is -0.467 e. The molecule has 3 N–H and O–H groups in total. The van der Waals surface area contributed by atoms with Crippen LogP contribution in [0.15, 0.2) is 30.3 Å². The Hall–Kier alpha value is -2.81. The molecule has 3 amide bonds. The van der Waals surface area contributed by atoms with E-state index in [0.717, 1.165) is 5.56 Å². The summed E-state index contributed by atoms with van der Waals surface area (Å²) < 4.78 is 10.1. The SMILES string of the molecule is COC(=O)[C@H](CC(C)C)NC(=O)N(C)C[C@H](O)[C@H](Cc1ccccc1)NC(=O)OC(C)(C)C. The van der Waals surface area contributed by atoms with Crippen molar-refractivity contribution in [3.05, 3.63) is 35.9 Å². The summed E-state index contributed by atoms with van der Waals surface area (Å²) in [5, 5.41) is 16.3. The summed E-state index contributed by atoms with van der Waals surface area (Å²) in [6, 6.07) is 7.37. The predicted molar refractivity (Wildman–Crippen MR) is 126 cm³/mol. The minimum atomic E-state index is -1.09. The van der Waals surface area contributed by atoms with Crippen molar-refractivity contribution in [3.63, 3.8) is 0 Å². The van der Waals surface area contributed by atoms with Gasteiger partial charge in [-0.15, -0.1) is 0 Å². The summed E-state index contributed by atoms with van der Waals surface area (Å²) in [5.41, 5.74) is 0.217. The van der Waals surface area contributed by atoms with Gasteiger partial charge in [-0.25, -0.2) is 14.4 Å². The van der Waals surface area contributed by atoms with Crippen LogP contribution >= 0.6 is 0 Å². The molecule has 0 spiro atoms. The molecule has 0 aliphatic rings. The molecular weight excluding hydrogens is 426 g/mol. The third-order valence-electron chi connectivity index (χ3n) is 4.76. The Morgan fingerprint density at radius 2 is 1.70 bits per heavy atom. The van der Waals surface area contributed by atoms with Gasteiger partial charge in [0.2, 0.25) is 0 Å². The van der Waals surface area contributed by atoms with Crippen molar-refractivity contribution in [2.45, 2.75) is 71.2 Å². The Kier molecular flexibility index (Phi) is 11.1. The van der Waals surface area contributed by atoms with Gasteiger partial charge in [0.25, 0.3) is 0 Å². The molecule has 0 bridgehead atoms. The number of alkyl carbamates (subject to hydrolysis) is 1. The summed E-state index contributed by atoms with van der Waals surface area (Å²) in [4.78, 5) is 38.3. The van der Waals surface area contributed by atoms with E-state index in [9.17, 15) is 19.5 Å². The first-order valence-corrected chi connectivity index (χ1v) is 11.1. The van der Waals surface area contributed by atoms with Crippen LogP contribution in [0.1, 0.15) is 46.6 Å². The van der Waals surface area contributed by atoms with E-state index >= 15 is 0 Å². The Balaban J connectivity index is 2.88. The van der Waals surface area contributed by atoms with Gasteiger partial charge in [0.15, 0.2) is 0 Å². The van der Waals surface area contributed by atoms with E-state index in [1.54, 1.807) is 20.8 Å². The number of aliphatic hydroxyl groups is 1. The van der Waals surface area contributed by atoms with Gasteiger partial charge in [-0.05, 0) is 45.1 Å². The Morgan fingerprint density at radius 3 is 2.21 bits per heavy atom. The van der Waals surface area contributed by atoms with Crippen molar-refractivity contribution >= 4 is 18.1 Å². The average molecular weight is 466 g/mol. The molecule has 0 radical (unpaired) electrons. The quantitative estimate of drug-likeness (QED) is 0.458. The molecule has 1 aromatic carbocycles. The number of nitrogens with one attached hydrogen (secondary N) is 2. The van der Waals surface area contributed by atoms with Gasteiger partial charge < -0.3 is 30.1 Å². The van der Waals surface area contributed by atoms with E-state index in [2.05, 4.69) is 10.6 Å². The number of likely N-dealkylation sites (N-methyl/N-ethyl adjacent to an activating group) is 1. The molecule has 0 aliphatic heterocycles. The highest BCUT2D eigenvalue weighted by Crippen LogP contribution is 2.12. The number of rotatable bonds is 10. The molecule has 0 aliphatic carbocycles. The monoisotopic (exact) mass is 465 g/mol. The van der Waals surface area contributed by atoms with Crippen molar-refractivity contribution in [3.8, 4) is 0 Å². The van der Waals surface area contributed by atoms with Gasteiger partial charge in [0.1, 0.15) is 11.6 Å². The number of carbonyl (C=O) groups is 3. The normalized spacial score (nSPS) is 14.1. The molecule has 0 fully saturated rings. The summed E-state index contributed by atoms with van der Waals surface area (Å²) >= 11 is 0. The first kappa shape index (κ1) is 28.2. The minimum absolute atomic E-state index is 0.0747. The number of urea groups is 1. The lowest BCUT2D eigenvalue weighted by Gasteiger charge is -2.30. The van der Waals surface area contributed by atoms with Crippen molar-refractivity contribution < 1.29 is 29.0 Å². The molecule has 3 atom stereocenters. The number of esters is 1. The molecule has 1 aromatic rings. The van der Waals surface area contributed by atoms with E-state index < -0.39 is 41.9 Å². The first-order valence-electron chi connectivity index (χ1n) is 11.1. The van der Waals surface area contributed by atoms with Gasteiger partial charge in [-0.3, -0.25) is 0 Å². The van der Waals surface area contributed by atoms with E-state index in [-0.39, 0.29) is 12.5 Å². The van der Waals surface area contributed by atoms with Crippen molar-refractivity contribution in [2.75, 3.05) is 20.7 Å². The van der Waals surface area contributed by atoms with Gasteiger partial charge in [-0.2, -0.15) is 0 Å². The smallest absolute Gasteiger partial charge is 0.407 e. The molecule has 0 heterocycles. The van der Waals surface area contributed by atoms with Crippen LogP contribution in [0.5, 0.6) is 0 Å². The molecule has 0 unspecified atom stereocenters. The lowest BCUT2D eigenvalue weighted by molar-refractivity contribution is -0.143. The Labute approximate surface area is 196 Å². The predicted octanol–water partition coefficient (Wildman–Crippen LogP) is 2.71. The summed E-state index contributed by atoms with van der Waals surface area (Å²) in [6.45, 7) is 9.06. The maximum Gasteiger partial charge on any atom is 0.407 e. The molecule has 0 saturated heterocycles. The van der Waals surface area contributed by atoms with E-state index in [0.29, 0.717) is 12.8 Å². The Bertz CT molecular complexity index is 763. The molecule has 186 valence electrons. The molecule has 0 aromatic heterocycles. The van der Waals surface area contributed by atoms with Crippen molar-refractivity contribution in [1.29, 1.82) is 0 Å². The number of amides is 3. The standard InChI is InChI=1S/C24H39N3O6/c1-16(2)13-19(21(29)32-7)25-22(30)27(6)15-20(28)18(14-17-11-9-8-10-12-17)26-23(31)33-24(3,4)5/h8-12,16,18-20,28H,13-15H2,1-7H3,(H,25,30)(H,26,31)/t18-,19-,20-/m0/s1. The highest BCUT2D eigenvalue weighted by molar-refractivity contribution is 5.83. The Morgan fingerprint density at radius 1 is 1.09 bits per heavy atom. The van der Waals surface area contributed by atoms with Gasteiger partial charge in [-0.1, -0.05) is 44.2 Å². The highest BCUT2D eigenvalue weighted by atomic mass is 16.6. The van der Waals surface area contributed by atoms with Gasteiger partial charge in [0, 0.05) is 7.05 Å². The van der Waals surface area contributed by atoms with Crippen LogP contribution in [0, 0.1) is 5.92 Å². The molecule has 9 nitrogen and oxygen atoms in total. The van der Waals surface area contributed by atoms with E-state index in [1.807, 2.05) is 44.2 Å². The fourth-order valence-electron chi connectivity index (χ4n) is 3.19. The van der Waals surface area contributed by atoms with Crippen molar-refractivity contribution in [2.24, 2.45) is 5.92 Å². The van der Waals surface area contributed by atoms with Crippen molar-refractivity contribution in [1.82, 2.24) is 15.5 Å². The fourth-order valence-corrected chi connectivity index (χ4v) is 3.19. The van der Waals surface area contributed by atoms with Crippen LogP contribution in [-0.4, -0.2) is 72.6 Å². The summed E-state index contributed by atoms with van der Waals surface area (Å²) in [6.07, 6.45) is -0.979. The number of ether oxygens (including phenoxy) is 2. The topological polar surface area (TPSA) is 117 Å².